The second-order valence-corrected chi connectivity index (χ2v) is 6.36. The van der Waals surface area contributed by atoms with Crippen molar-refractivity contribution in [1.29, 1.82) is 0 Å². The van der Waals surface area contributed by atoms with Gasteiger partial charge in [-0.3, -0.25) is 0 Å². The van der Waals surface area contributed by atoms with Gasteiger partial charge in [0.1, 0.15) is 0 Å². The van der Waals surface area contributed by atoms with Crippen LogP contribution < -0.4 is 5.32 Å². The van der Waals surface area contributed by atoms with Crippen molar-refractivity contribution >= 4 is 0 Å². The summed E-state index contributed by atoms with van der Waals surface area (Å²) >= 11 is 0. The molecule has 0 spiro atoms. The molecule has 110 valence electrons. The molecule has 1 saturated carbocycles. The summed E-state index contributed by atoms with van der Waals surface area (Å²) in [6, 6.07) is 9.74. The fourth-order valence-corrected chi connectivity index (χ4v) is 3.67. The van der Waals surface area contributed by atoms with E-state index >= 15 is 0 Å². The Hall–Kier alpha value is -0.860. The molecule has 2 nitrogen and oxygen atoms in total. The Morgan fingerprint density at radius 2 is 2.15 bits per heavy atom. The molecular formula is C18H27NO. The van der Waals surface area contributed by atoms with Gasteiger partial charge >= 0.3 is 0 Å². The molecule has 2 heteroatoms. The molecular weight excluding hydrogens is 246 g/mol. The van der Waals surface area contributed by atoms with E-state index in [2.05, 4.69) is 43.4 Å². The highest BCUT2D eigenvalue weighted by atomic mass is 16.5. The Kier molecular flexibility index (Phi) is 4.42. The second-order valence-electron chi connectivity index (χ2n) is 6.36. The summed E-state index contributed by atoms with van der Waals surface area (Å²) in [6.07, 6.45) is 5.69. The highest BCUT2D eigenvalue weighted by molar-refractivity contribution is 5.30. The molecule has 2 aliphatic rings. The molecule has 3 rings (SSSR count). The van der Waals surface area contributed by atoms with Crippen molar-refractivity contribution in [2.75, 3.05) is 13.2 Å². The number of ether oxygens (including phenoxy) is 1. The zero-order chi connectivity index (χ0) is 13.9. The highest BCUT2D eigenvalue weighted by Gasteiger charge is 2.32. The molecule has 20 heavy (non-hydrogen) atoms. The van der Waals surface area contributed by atoms with Crippen LogP contribution in [0.4, 0.5) is 0 Å². The van der Waals surface area contributed by atoms with Gasteiger partial charge in [0, 0.05) is 18.6 Å². The molecule has 3 unspecified atom stereocenters. The van der Waals surface area contributed by atoms with E-state index in [1.54, 1.807) is 5.56 Å². The molecule has 0 radical (unpaired) electrons. The summed E-state index contributed by atoms with van der Waals surface area (Å²) in [7, 11) is 0. The third kappa shape index (κ3) is 2.77. The van der Waals surface area contributed by atoms with Gasteiger partial charge in [0.05, 0.1) is 6.10 Å². The minimum atomic E-state index is 0.367. The van der Waals surface area contributed by atoms with Crippen LogP contribution in [-0.2, 0) is 4.74 Å². The van der Waals surface area contributed by atoms with Gasteiger partial charge in [-0.15, -0.1) is 0 Å². The molecule has 1 heterocycles. The van der Waals surface area contributed by atoms with Crippen LogP contribution in [0.15, 0.2) is 24.3 Å². The molecule has 0 aromatic heterocycles. The average Bonchev–Trinajstić information content (AvgIpc) is 2.80. The summed E-state index contributed by atoms with van der Waals surface area (Å²) in [5.41, 5.74) is 3.00. The predicted octanol–water partition coefficient (Wildman–Crippen LogP) is 4.03. The van der Waals surface area contributed by atoms with Gasteiger partial charge in [0.2, 0.25) is 0 Å². The Balaban J connectivity index is 1.82. The summed E-state index contributed by atoms with van der Waals surface area (Å²) in [5, 5.41) is 3.69. The van der Waals surface area contributed by atoms with Crippen molar-refractivity contribution in [2.24, 2.45) is 5.92 Å². The number of benzene rings is 1. The van der Waals surface area contributed by atoms with E-state index in [9.17, 15) is 0 Å². The Labute approximate surface area is 122 Å². The van der Waals surface area contributed by atoms with Crippen LogP contribution in [0.25, 0.3) is 0 Å². The van der Waals surface area contributed by atoms with E-state index in [1.807, 2.05) is 0 Å². The predicted molar refractivity (Wildman–Crippen MR) is 83.0 cm³/mol. The Morgan fingerprint density at radius 1 is 1.30 bits per heavy atom. The van der Waals surface area contributed by atoms with Crippen molar-refractivity contribution in [3.63, 3.8) is 0 Å². The van der Waals surface area contributed by atoms with Crippen LogP contribution >= 0.6 is 0 Å². The van der Waals surface area contributed by atoms with E-state index < -0.39 is 0 Å². The minimum absolute atomic E-state index is 0.367. The maximum atomic E-state index is 5.78. The van der Waals surface area contributed by atoms with E-state index in [4.69, 9.17) is 4.74 Å². The third-order valence-corrected chi connectivity index (χ3v) is 5.13. The van der Waals surface area contributed by atoms with Gasteiger partial charge in [-0.25, -0.2) is 0 Å². The van der Waals surface area contributed by atoms with E-state index in [0.29, 0.717) is 18.1 Å². The zero-order valence-electron chi connectivity index (χ0n) is 12.8. The molecule has 1 aromatic rings. The van der Waals surface area contributed by atoms with Gasteiger partial charge < -0.3 is 10.1 Å². The lowest BCUT2D eigenvalue weighted by Crippen LogP contribution is -2.32. The first-order valence-electron chi connectivity index (χ1n) is 8.24. The van der Waals surface area contributed by atoms with Gasteiger partial charge in [0.25, 0.3) is 0 Å². The molecule has 1 aliphatic carbocycles. The maximum Gasteiger partial charge on any atom is 0.0594 e. The minimum Gasteiger partial charge on any atom is -0.378 e. The highest BCUT2D eigenvalue weighted by Crippen LogP contribution is 2.39. The fourth-order valence-electron chi connectivity index (χ4n) is 3.67. The summed E-state index contributed by atoms with van der Waals surface area (Å²) < 4.78 is 5.78. The first kappa shape index (κ1) is 14.1. The fraction of sp³-hybridized carbons (Fsp3) is 0.667. The summed E-state index contributed by atoms with van der Waals surface area (Å²) in [5.74, 6) is 1.42. The van der Waals surface area contributed by atoms with Crippen molar-refractivity contribution in [1.82, 2.24) is 5.32 Å². The quantitative estimate of drug-likeness (QED) is 0.874. The first-order valence-corrected chi connectivity index (χ1v) is 8.24. The van der Waals surface area contributed by atoms with Crippen LogP contribution in [0, 0.1) is 5.92 Å². The van der Waals surface area contributed by atoms with Crippen LogP contribution in [0.1, 0.15) is 62.6 Å². The SMILES string of the molecule is CCNC(c1cccc(C2CCC2)c1)C1CCOC1C. The van der Waals surface area contributed by atoms with Crippen molar-refractivity contribution in [3.05, 3.63) is 35.4 Å². The molecule has 3 atom stereocenters. The van der Waals surface area contributed by atoms with Crippen LogP contribution in [-0.4, -0.2) is 19.3 Å². The van der Waals surface area contributed by atoms with E-state index in [0.717, 1.165) is 19.1 Å². The molecule has 1 aromatic carbocycles. The van der Waals surface area contributed by atoms with Crippen molar-refractivity contribution in [3.8, 4) is 0 Å². The largest absolute Gasteiger partial charge is 0.378 e. The van der Waals surface area contributed by atoms with E-state index in [1.165, 1.54) is 31.2 Å². The molecule has 0 amide bonds. The normalized spacial score (nSPS) is 28.3. The van der Waals surface area contributed by atoms with Crippen LogP contribution in [0.5, 0.6) is 0 Å². The topological polar surface area (TPSA) is 21.3 Å². The lowest BCUT2D eigenvalue weighted by molar-refractivity contribution is 0.0955. The third-order valence-electron chi connectivity index (χ3n) is 5.13. The average molecular weight is 273 g/mol. The molecule has 0 bridgehead atoms. The van der Waals surface area contributed by atoms with Crippen molar-refractivity contribution < 1.29 is 4.74 Å². The number of rotatable bonds is 5. The maximum absolute atomic E-state index is 5.78. The summed E-state index contributed by atoms with van der Waals surface area (Å²) in [6.45, 7) is 6.35. The first-order chi connectivity index (χ1) is 9.79. The number of hydrogen-bond acceptors (Lipinski definition) is 2. The Bertz CT molecular complexity index is 441. The standard InChI is InChI=1S/C18H27NO/c1-3-19-18(17-10-11-20-13(17)2)16-9-5-8-15(12-16)14-6-4-7-14/h5,8-9,12-14,17-19H,3-4,6-7,10-11H2,1-2H3. The molecule has 1 aliphatic heterocycles. The molecule has 1 N–H and O–H groups in total. The number of nitrogens with one attached hydrogen (secondary N) is 1. The number of hydrogen-bond donors (Lipinski definition) is 1. The summed E-state index contributed by atoms with van der Waals surface area (Å²) in [4.78, 5) is 0. The molecule has 1 saturated heterocycles. The van der Waals surface area contributed by atoms with Gasteiger partial charge in [-0.05, 0) is 49.8 Å². The second kappa shape index (κ2) is 6.28. The van der Waals surface area contributed by atoms with E-state index in [-0.39, 0.29) is 0 Å². The van der Waals surface area contributed by atoms with Gasteiger partial charge in [-0.2, -0.15) is 0 Å². The van der Waals surface area contributed by atoms with Crippen molar-refractivity contribution in [2.45, 2.75) is 57.6 Å². The zero-order valence-corrected chi connectivity index (χ0v) is 12.8. The lowest BCUT2D eigenvalue weighted by Gasteiger charge is -2.30. The van der Waals surface area contributed by atoms with Gasteiger partial charge in [0.15, 0.2) is 0 Å². The lowest BCUT2D eigenvalue weighted by atomic mass is 9.78. The Morgan fingerprint density at radius 3 is 2.75 bits per heavy atom. The van der Waals surface area contributed by atoms with Crippen LogP contribution in [0.3, 0.4) is 0 Å². The molecule has 2 fully saturated rings. The monoisotopic (exact) mass is 273 g/mol. The smallest absolute Gasteiger partial charge is 0.0594 e. The van der Waals surface area contributed by atoms with Gasteiger partial charge in [-0.1, -0.05) is 37.6 Å². The van der Waals surface area contributed by atoms with Crippen LogP contribution in [0.2, 0.25) is 0 Å².